The van der Waals surface area contributed by atoms with Crippen LogP contribution < -0.4 is 0 Å². The van der Waals surface area contributed by atoms with E-state index < -0.39 is 0 Å². The number of hydrogen-bond acceptors (Lipinski definition) is 5. The normalized spacial score (nSPS) is 25.0. The summed E-state index contributed by atoms with van der Waals surface area (Å²) in [4.78, 5) is 9.75. The lowest BCUT2D eigenvalue weighted by Gasteiger charge is -2.30. The Hall–Kier alpha value is -0.940. The molecule has 118 valence electrons. The standard InChI is InChI=1S/C16H28N4O/c1-13(2)16-17-15(18-21-16)14-7-6-10-20(14)12-11-19-8-4-3-5-9-19/h13-14H,3-12H2,1-2H3/t14-/m1/s1. The van der Waals surface area contributed by atoms with Gasteiger partial charge in [-0.25, -0.2) is 0 Å². The minimum atomic E-state index is 0.314. The predicted octanol–water partition coefficient (Wildman–Crippen LogP) is 2.82. The van der Waals surface area contributed by atoms with E-state index in [0.29, 0.717) is 12.0 Å². The van der Waals surface area contributed by atoms with Crippen molar-refractivity contribution < 1.29 is 4.52 Å². The zero-order valence-corrected chi connectivity index (χ0v) is 13.4. The van der Waals surface area contributed by atoms with Gasteiger partial charge in [-0.2, -0.15) is 4.98 Å². The molecule has 2 fully saturated rings. The van der Waals surface area contributed by atoms with Gasteiger partial charge in [0.1, 0.15) is 0 Å². The van der Waals surface area contributed by atoms with E-state index in [2.05, 4.69) is 33.8 Å². The Balaban J connectivity index is 1.56. The molecule has 0 bridgehead atoms. The summed E-state index contributed by atoms with van der Waals surface area (Å²) in [5.74, 6) is 1.98. The van der Waals surface area contributed by atoms with Crippen molar-refractivity contribution in [2.45, 2.75) is 57.9 Å². The first kappa shape index (κ1) is 15.0. The van der Waals surface area contributed by atoms with Gasteiger partial charge in [-0.15, -0.1) is 0 Å². The second-order valence-corrected chi connectivity index (χ2v) is 6.74. The Morgan fingerprint density at radius 3 is 2.62 bits per heavy atom. The molecule has 0 unspecified atom stereocenters. The summed E-state index contributed by atoms with van der Waals surface area (Å²) < 4.78 is 5.38. The van der Waals surface area contributed by atoms with Crippen molar-refractivity contribution in [2.75, 3.05) is 32.7 Å². The summed E-state index contributed by atoms with van der Waals surface area (Å²) in [7, 11) is 0. The molecule has 0 amide bonds. The van der Waals surface area contributed by atoms with E-state index in [4.69, 9.17) is 4.52 Å². The van der Waals surface area contributed by atoms with E-state index in [1.54, 1.807) is 0 Å². The minimum absolute atomic E-state index is 0.314. The van der Waals surface area contributed by atoms with Gasteiger partial charge in [0.2, 0.25) is 5.89 Å². The lowest BCUT2D eigenvalue weighted by atomic mass is 10.1. The predicted molar refractivity (Wildman–Crippen MR) is 82.2 cm³/mol. The van der Waals surface area contributed by atoms with Crippen molar-refractivity contribution in [1.29, 1.82) is 0 Å². The van der Waals surface area contributed by atoms with Crippen molar-refractivity contribution in [3.05, 3.63) is 11.7 Å². The highest BCUT2D eigenvalue weighted by Gasteiger charge is 2.30. The van der Waals surface area contributed by atoms with Gasteiger partial charge in [-0.3, -0.25) is 4.90 Å². The first-order chi connectivity index (χ1) is 10.2. The fourth-order valence-corrected chi connectivity index (χ4v) is 3.46. The molecule has 0 aromatic carbocycles. The molecular weight excluding hydrogens is 264 g/mol. The van der Waals surface area contributed by atoms with E-state index in [1.165, 1.54) is 51.9 Å². The Labute approximate surface area is 127 Å². The number of likely N-dealkylation sites (tertiary alicyclic amines) is 2. The van der Waals surface area contributed by atoms with Crippen LogP contribution in [0.1, 0.15) is 69.6 Å². The van der Waals surface area contributed by atoms with Crippen LogP contribution in [-0.4, -0.2) is 52.7 Å². The second-order valence-electron chi connectivity index (χ2n) is 6.74. The fraction of sp³-hybridized carbons (Fsp3) is 0.875. The zero-order chi connectivity index (χ0) is 14.7. The molecule has 2 aliphatic rings. The molecule has 1 atom stereocenters. The van der Waals surface area contributed by atoms with Gasteiger partial charge in [0.25, 0.3) is 0 Å². The first-order valence-electron chi connectivity index (χ1n) is 8.54. The maximum atomic E-state index is 5.38. The second kappa shape index (κ2) is 6.88. The molecule has 0 saturated carbocycles. The average molecular weight is 292 g/mol. The Kier molecular flexibility index (Phi) is 4.91. The molecule has 5 nitrogen and oxygen atoms in total. The highest BCUT2D eigenvalue weighted by Crippen LogP contribution is 2.30. The van der Waals surface area contributed by atoms with Crippen molar-refractivity contribution in [1.82, 2.24) is 19.9 Å². The summed E-state index contributed by atoms with van der Waals surface area (Å²) in [6.45, 7) is 10.2. The van der Waals surface area contributed by atoms with Crippen LogP contribution in [0.5, 0.6) is 0 Å². The highest BCUT2D eigenvalue weighted by molar-refractivity contribution is 5.00. The van der Waals surface area contributed by atoms with Crippen molar-refractivity contribution in [2.24, 2.45) is 0 Å². The quantitative estimate of drug-likeness (QED) is 0.835. The summed E-state index contributed by atoms with van der Waals surface area (Å²) in [6, 6.07) is 0.367. The van der Waals surface area contributed by atoms with Gasteiger partial charge in [0.15, 0.2) is 5.82 Å². The Morgan fingerprint density at radius 2 is 1.90 bits per heavy atom. The molecule has 3 rings (SSSR count). The maximum Gasteiger partial charge on any atom is 0.229 e. The zero-order valence-electron chi connectivity index (χ0n) is 13.4. The van der Waals surface area contributed by atoms with E-state index in [-0.39, 0.29) is 0 Å². The lowest BCUT2D eigenvalue weighted by Crippen LogP contribution is -2.37. The van der Waals surface area contributed by atoms with Crippen LogP contribution in [-0.2, 0) is 0 Å². The van der Waals surface area contributed by atoms with Crippen LogP contribution in [0.3, 0.4) is 0 Å². The largest absolute Gasteiger partial charge is 0.339 e. The van der Waals surface area contributed by atoms with Crippen LogP contribution in [0, 0.1) is 0 Å². The number of nitrogens with zero attached hydrogens (tertiary/aromatic N) is 4. The summed E-state index contributed by atoms with van der Waals surface area (Å²) in [6.07, 6.45) is 6.55. The maximum absolute atomic E-state index is 5.38. The number of aromatic nitrogens is 2. The molecule has 0 aliphatic carbocycles. The topological polar surface area (TPSA) is 45.4 Å². The van der Waals surface area contributed by atoms with Gasteiger partial charge < -0.3 is 9.42 Å². The molecule has 0 radical (unpaired) electrons. The van der Waals surface area contributed by atoms with E-state index in [9.17, 15) is 0 Å². The molecule has 2 saturated heterocycles. The number of hydrogen-bond donors (Lipinski definition) is 0. The lowest BCUT2D eigenvalue weighted by molar-refractivity contribution is 0.170. The summed E-state index contributed by atoms with van der Waals surface area (Å²) in [5.41, 5.74) is 0. The van der Waals surface area contributed by atoms with E-state index >= 15 is 0 Å². The molecule has 0 N–H and O–H groups in total. The van der Waals surface area contributed by atoms with Crippen LogP contribution in [0.2, 0.25) is 0 Å². The van der Waals surface area contributed by atoms with Gasteiger partial charge in [0, 0.05) is 19.0 Å². The number of piperidine rings is 1. The van der Waals surface area contributed by atoms with Crippen molar-refractivity contribution >= 4 is 0 Å². The monoisotopic (exact) mass is 292 g/mol. The Morgan fingerprint density at radius 1 is 1.10 bits per heavy atom. The smallest absolute Gasteiger partial charge is 0.229 e. The van der Waals surface area contributed by atoms with Crippen molar-refractivity contribution in [3.63, 3.8) is 0 Å². The molecule has 3 heterocycles. The molecule has 5 heteroatoms. The SMILES string of the molecule is CC(C)c1nc([C@H]2CCCN2CCN2CCCCC2)no1. The van der Waals surface area contributed by atoms with Gasteiger partial charge >= 0.3 is 0 Å². The fourth-order valence-electron chi connectivity index (χ4n) is 3.46. The van der Waals surface area contributed by atoms with Gasteiger partial charge in [-0.05, 0) is 45.3 Å². The molecule has 1 aromatic rings. The molecule has 1 aromatic heterocycles. The third kappa shape index (κ3) is 3.64. The average Bonchev–Trinajstić information content (AvgIpc) is 3.15. The van der Waals surface area contributed by atoms with E-state index in [1.807, 2.05) is 0 Å². The van der Waals surface area contributed by atoms with Crippen LogP contribution in [0.25, 0.3) is 0 Å². The van der Waals surface area contributed by atoms with Gasteiger partial charge in [-0.1, -0.05) is 25.4 Å². The van der Waals surface area contributed by atoms with Crippen LogP contribution in [0.4, 0.5) is 0 Å². The highest BCUT2D eigenvalue weighted by atomic mass is 16.5. The summed E-state index contributed by atoms with van der Waals surface area (Å²) in [5, 5.41) is 4.22. The molecule has 0 spiro atoms. The number of rotatable bonds is 5. The summed E-state index contributed by atoms with van der Waals surface area (Å²) >= 11 is 0. The third-order valence-electron chi connectivity index (χ3n) is 4.77. The molecule has 21 heavy (non-hydrogen) atoms. The first-order valence-corrected chi connectivity index (χ1v) is 8.54. The van der Waals surface area contributed by atoms with E-state index in [0.717, 1.165) is 24.7 Å². The van der Waals surface area contributed by atoms with Crippen LogP contribution in [0.15, 0.2) is 4.52 Å². The minimum Gasteiger partial charge on any atom is -0.339 e. The Bertz CT molecular complexity index is 439. The van der Waals surface area contributed by atoms with Crippen molar-refractivity contribution in [3.8, 4) is 0 Å². The van der Waals surface area contributed by atoms with Gasteiger partial charge in [0.05, 0.1) is 6.04 Å². The third-order valence-corrected chi connectivity index (χ3v) is 4.77. The molecule has 2 aliphatic heterocycles. The van der Waals surface area contributed by atoms with Crippen LogP contribution >= 0.6 is 0 Å². The molecular formula is C16H28N4O.